The van der Waals surface area contributed by atoms with Crippen LogP contribution in [0.2, 0.25) is 5.02 Å². The SMILES string of the molecule is CCOC(=O)C1=C(C)NC(C)=C(C(=O)OCC)C1c1cc(-c2ccccc2Cl)no1. The van der Waals surface area contributed by atoms with E-state index in [1.165, 1.54) is 0 Å². The molecule has 3 rings (SSSR count). The lowest BCUT2D eigenvalue weighted by atomic mass is 9.83. The number of hydrogen-bond donors (Lipinski definition) is 1. The summed E-state index contributed by atoms with van der Waals surface area (Å²) in [7, 11) is 0. The topological polar surface area (TPSA) is 90.7 Å². The van der Waals surface area contributed by atoms with Crippen molar-refractivity contribution < 1.29 is 23.6 Å². The molecular formula is C22H23ClN2O5. The van der Waals surface area contributed by atoms with E-state index in [9.17, 15) is 9.59 Å². The fourth-order valence-corrected chi connectivity index (χ4v) is 3.69. The number of nitrogens with zero attached hydrogens (tertiary/aromatic N) is 1. The van der Waals surface area contributed by atoms with Crippen LogP contribution in [0.5, 0.6) is 0 Å². The zero-order valence-electron chi connectivity index (χ0n) is 17.2. The fraction of sp³-hybridized carbons (Fsp3) is 0.318. The normalized spacial score (nSPS) is 14.6. The van der Waals surface area contributed by atoms with Crippen LogP contribution in [0.4, 0.5) is 0 Å². The molecule has 0 atom stereocenters. The monoisotopic (exact) mass is 430 g/mol. The van der Waals surface area contributed by atoms with Crippen molar-refractivity contribution in [2.24, 2.45) is 0 Å². The van der Waals surface area contributed by atoms with Crippen molar-refractivity contribution >= 4 is 23.5 Å². The molecule has 1 aliphatic heterocycles. The van der Waals surface area contributed by atoms with Crippen LogP contribution in [-0.2, 0) is 19.1 Å². The number of halogens is 1. The summed E-state index contributed by atoms with van der Waals surface area (Å²) in [4.78, 5) is 25.6. The largest absolute Gasteiger partial charge is 0.463 e. The van der Waals surface area contributed by atoms with E-state index in [1.807, 2.05) is 18.2 Å². The minimum absolute atomic E-state index is 0.195. The maximum atomic E-state index is 12.8. The Bertz CT molecular complexity index is 998. The first-order valence-electron chi connectivity index (χ1n) is 9.63. The van der Waals surface area contributed by atoms with E-state index in [4.69, 9.17) is 25.6 Å². The van der Waals surface area contributed by atoms with E-state index in [-0.39, 0.29) is 24.4 Å². The molecule has 0 bridgehead atoms. The van der Waals surface area contributed by atoms with Crippen LogP contribution in [0.3, 0.4) is 0 Å². The molecule has 2 aromatic rings. The van der Waals surface area contributed by atoms with Crippen molar-refractivity contribution in [1.29, 1.82) is 0 Å². The highest BCUT2D eigenvalue weighted by Gasteiger charge is 2.40. The number of esters is 2. The maximum Gasteiger partial charge on any atom is 0.336 e. The third-order valence-corrected chi connectivity index (χ3v) is 5.04. The van der Waals surface area contributed by atoms with Gasteiger partial charge in [0, 0.05) is 23.0 Å². The third kappa shape index (κ3) is 4.11. The molecule has 0 spiro atoms. The molecule has 0 aliphatic carbocycles. The molecule has 7 nitrogen and oxygen atoms in total. The van der Waals surface area contributed by atoms with Gasteiger partial charge >= 0.3 is 11.9 Å². The Morgan fingerprint density at radius 2 is 1.63 bits per heavy atom. The molecule has 1 aromatic carbocycles. The average Bonchev–Trinajstić information content (AvgIpc) is 3.17. The molecule has 0 radical (unpaired) electrons. The first-order valence-corrected chi connectivity index (χ1v) is 10.0. The van der Waals surface area contributed by atoms with Gasteiger partial charge in [0.15, 0.2) is 0 Å². The predicted molar refractivity (Wildman–Crippen MR) is 111 cm³/mol. The van der Waals surface area contributed by atoms with Gasteiger partial charge in [0.25, 0.3) is 0 Å². The number of allylic oxidation sites excluding steroid dienone is 2. The Kier molecular flexibility index (Phi) is 6.62. The molecule has 8 heteroatoms. The summed E-state index contributed by atoms with van der Waals surface area (Å²) in [6.07, 6.45) is 0. The van der Waals surface area contributed by atoms with Crippen molar-refractivity contribution in [2.75, 3.05) is 13.2 Å². The molecule has 0 saturated heterocycles. The van der Waals surface area contributed by atoms with Gasteiger partial charge in [0.05, 0.1) is 35.3 Å². The number of nitrogens with one attached hydrogen (secondary N) is 1. The van der Waals surface area contributed by atoms with Gasteiger partial charge in [0.2, 0.25) is 0 Å². The second-order valence-electron chi connectivity index (χ2n) is 6.67. The Hall–Kier alpha value is -3.06. The van der Waals surface area contributed by atoms with Gasteiger partial charge in [0.1, 0.15) is 11.5 Å². The molecule has 0 fully saturated rings. The molecule has 1 N–H and O–H groups in total. The Morgan fingerprint density at radius 1 is 1.07 bits per heavy atom. The van der Waals surface area contributed by atoms with Crippen molar-refractivity contribution in [3.63, 3.8) is 0 Å². The average molecular weight is 431 g/mol. The van der Waals surface area contributed by atoms with Crippen molar-refractivity contribution in [1.82, 2.24) is 10.5 Å². The van der Waals surface area contributed by atoms with Crippen molar-refractivity contribution in [3.8, 4) is 11.3 Å². The molecule has 0 unspecified atom stereocenters. The Morgan fingerprint density at radius 3 is 2.17 bits per heavy atom. The highest BCUT2D eigenvalue weighted by atomic mass is 35.5. The summed E-state index contributed by atoms with van der Waals surface area (Å²) < 4.78 is 16.1. The molecule has 158 valence electrons. The number of hydrogen-bond acceptors (Lipinski definition) is 7. The van der Waals surface area contributed by atoms with Gasteiger partial charge in [-0.2, -0.15) is 0 Å². The van der Waals surface area contributed by atoms with Gasteiger partial charge in [-0.3, -0.25) is 0 Å². The Labute approximate surface area is 179 Å². The standard InChI is InChI=1S/C22H23ClN2O5/c1-5-28-21(26)18-12(3)24-13(4)19(22(27)29-6-2)20(18)17-11-16(25-30-17)14-9-7-8-10-15(14)23/h7-11,20,24H,5-6H2,1-4H3. The number of carbonyl (C=O) groups excluding carboxylic acids is 2. The van der Waals surface area contributed by atoms with Crippen LogP contribution < -0.4 is 5.32 Å². The number of carbonyl (C=O) groups is 2. The van der Waals surface area contributed by atoms with Gasteiger partial charge in [-0.15, -0.1) is 0 Å². The van der Waals surface area contributed by atoms with Crippen LogP contribution in [0.1, 0.15) is 39.4 Å². The number of dihydropyridines is 1. The summed E-state index contributed by atoms with van der Waals surface area (Å²) >= 11 is 6.28. The van der Waals surface area contributed by atoms with Crippen LogP contribution in [0.25, 0.3) is 11.3 Å². The van der Waals surface area contributed by atoms with Gasteiger partial charge < -0.3 is 19.3 Å². The van der Waals surface area contributed by atoms with E-state index in [2.05, 4.69) is 10.5 Å². The van der Waals surface area contributed by atoms with Crippen molar-refractivity contribution in [2.45, 2.75) is 33.6 Å². The second-order valence-corrected chi connectivity index (χ2v) is 7.08. The van der Waals surface area contributed by atoms with Gasteiger partial charge in [-0.25, -0.2) is 9.59 Å². The molecule has 1 aromatic heterocycles. The quantitative estimate of drug-likeness (QED) is 0.681. The van der Waals surface area contributed by atoms with E-state index in [0.29, 0.717) is 33.4 Å². The first-order chi connectivity index (χ1) is 14.4. The first kappa shape index (κ1) is 21.6. The van der Waals surface area contributed by atoms with Crippen LogP contribution in [0, 0.1) is 0 Å². The number of ether oxygens (including phenoxy) is 2. The maximum absolute atomic E-state index is 12.8. The van der Waals surface area contributed by atoms with Gasteiger partial charge in [-0.1, -0.05) is 35.0 Å². The molecule has 1 aliphatic rings. The lowest BCUT2D eigenvalue weighted by Crippen LogP contribution is -2.32. The molecule has 2 heterocycles. The zero-order valence-corrected chi connectivity index (χ0v) is 18.0. The highest BCUT2D eigenvalue weighted by molar-refractivity contribution is 6.33. The predicted octanol–water partition coefficient (Wildman–Crippen LogP) is 4.36. The summed E-state index contributed by atoms with van der Waals surface area (Å²) in [5, 5.41) is 7.71. The van der Waals surface area contributed by atoms with E-state index in [1.54, 1.807) is 39.8 Å². The number of aromatic nitrogens is 1. The second kappa shape index (κ2) is 9.17. The van der Waals surface area contributed by atoms with Crippen LogP contribution in [-0.4, -0.2) is 30.3 Å². The minimum Gasteiger partial charge on any atom is -0.463 e. The number of rotatable bonds is 6. The Balaban J connectivity index is 2.14. The van der Waals surface area contributed by atoms with E-state index < -0.39 is 17.9 Å². The lowest BCUT2D eigenvalue weighted by Gasteiger charge is -2.28. The molecule has 0 saturated carbocycles. The van der Waals surface area contributed by atoms with Crippen LogP contribution >= 0.6 is 11.6 Å². The lowest BCUT2D eigenvalue weighted by molar-refractivity contribution is -0.139. The summed E-state index contributed by atoms with van der Waals surface area (Å²) in [5.41, 5.74) is 2.86. The van der Waals surface area contributed by atoms with E-state index >= 15 is 0 Å². The summed E-state index contributed by atoms with van der Waals surface area (Å²) in [5.74, 6) is -1.60. The smallest absolute Gasteiger partial charge is 0.336 e. The van der Waals surface area contributed by atoms with Gasteiger partial charge in [-0.05, 0) is 33.8 Å². The number of benzene rings is 1. The summed E-state index contributed by atoms with van der Waals surface area (Å²) in [6.45, 7) is 7.32. The summed E-state index contributed by atoms with van der Waals surface area (Å²) in [6, 6.07) is 8.89. The fourth-order valence-electron chi connectivity index (χ4n) is 3.46. The van der Waals surface area contributed by atoms with Crippen molar-refractivity contribution in [3.05, 3.63) is 63.7 Å². The minimum atomic E-state index is -0.826. The van der Waals surface area contributed by atoms with E-state index in [0.717, 1.165) is 0 Å². The highest BCUT2D eigenvalue weighted by Crippen LogP contribution is 2.41. The molecular weight excluding hydrogens is 408 g/mol. The van der Waals surface area contributed by atoms with Crippen LogP contribution in [0.15, 0.2) is 57.4 Å². The molecule has 30 heavy (non-hydrogen) atoms. The third-order valence-electron chi connectivity index (χ3n) is 4.71. The zero-order chi connectivity index (χ0) is 21.8. The molecule has 0 amide bonds.